The van der Waals surface area contributed by atoms with Crippen molar-refractivity contribution >= 4 is 39.1 Å². The Morgan fingerprint density at radius 2 is 2.00 bits per heavy atom. The predicted octanol–water partition coefficient (Wildman–Crippen LogP) is 2.77. The lowest BCUT2D eigenvalue weighted by molar-refractivity contribution is -0.116. The van der Waals surface area contributed by atoms with Gasteiger partial charge < -0.3 is 10.2 Å². The molecule has 1 saturated heterocycles. The number of carbonyl (C=O) groups excluding carboxylic acids is 2. The molecule has 2 aliphatic rings. The summed E-state index contributed by atoms with van der Waals surface area (Å²) in [4.78, 5) is 30.7. The number of H-pyrrole nitrogens is 1. The van der Waals surface area contributed by atoms with E-state index >= 15 is 0 Å². The molecular weight excluding hydrogens is 424 g/mol. The monoisotopic (exact) mass is 448 g/mol. The molecule has 0 bridgehead atoms. The van der Waals surface area contributed by atoms with Gasteiger partial charge >= 0.3 is 0 Å². The number of benzene rings is 1. The number of carbonyl (C=O) groups is 2. The van der Waals surface area contributed by atoms with Crippen LogP contribution in [0.5, 0.6) is 0 Å². The number of piperazine rings is 1. The first-order chi connectivity index (χ1) is 15.6. The number of aromatic amines is 1. The van der Waals surface area contributed by atoms with Gasteiger partial charge in [0.1, 0.15) is 11.1 Å². The molecule has 0 spiro atoms. The zero-order valence-electron chi connectivity index (χ0n) is 17.7. The fourth-order valence-corrected chi connectivity index (χ4v) is 5.77. The molecule has 0 saturated carbocycles. The summed E-state index contributed by atoms with van der Waals surface area (Å²) in [5, 5.41) is 21.1. The first-order valence-electron chi connectivity index (χ1n) is 10.9. The highest BCUT2D eigenvalue weighted by Crippen LogP contribution is 2.38. The Bertz CT molecular complexity index is 1220. The second kappa shape index (κ2) is 8.73. The summed E-state index contributed by atoms with van der Waals surface area (Å²) in [6, 6.07) is 9.89. The van der Waals surface area contributed by atoms with Gasteiger partial charge in [0.15, 0.2) is 5.69 Å². The van der Waals surface area contributed by atoms with E-state index in [0.29, 0.717) is 42.3 Å². The van der Waals surface area contributed by atoms with Gasteiger partial charge in [0.25, 0.3) is 5.91 Å². The minimum absolute atomic E-state index is 0.0605. The van der Waals surface area contributed by atoms with Crippen molar-refractivity contribution in [1.29, 1.82) is 5.26 Å². The van der Waals surface area contributed by atoms with E-state index in [-0.39, 0.29) is 11.8 Å². The summed E-state index contributed by atoms with van der Waals surface area (Å²) >= 11 is 1.55. The van der Waals surface area contributed by atoms with Crippen molar-refractivity contribution in [2.45, 2.75) is 25.7 Å². The van der Waals surface area contributed by atoms with E-state index in [9.17, 15) is 14.9 Å². The Morgan fingerprint density at radius 1 is 1.19 bits per heavy atom. The number of hydrogen-bond donors (Lipinski definition) is 2. The normalized spacial score (nSPS) is 16.2. The number of nitrogens with one attached hydrogen (secondary N) is 2. The van der Waals surface area contributed by atoms with E-state index in [2.05, 4.69) is 26.5 Å². The topological polar surface area (TPSA) is 105 Å². The molecule has 8 nitrogen and oxygen atoms in total. The SMILES string of the molecule is N#Cc1c(NC(=O)CCN2CCN(C(=O)c3n[nH]c4ccccc34)CC2)sc2c1CCC2. The molecule has 1 aliphatic heterocycles. The van der Waals surface area contributed by atoms with Crippen LogP contribution in [0.2, 0.25) is 0 Å². The third-order valence-corrected chi connectivity index (χ3v) is 7.48. The highest BCUT2D eigenvalue weighted by Gasteiger charge is 2.26. The minimum Gasteiger partial charge on any atom is -0.335 e. The first-order valence-corrected chi connectivity index (χ1v) is 11.7. The highest BCUT2D eigenvalue weighted by atomic mass is 32.1. The molecule has 32 heavy (non-hydrogen) atoms. The number of nitrogens with zero attached hydrogens (tertiary/aromatic N) is 4. The van der Waals surface area contributed by atoms with Gasteiger partial charge in [-0.25, -0.2) is 0 Å². The average Bonchev–Trinajstić information content (AvgIpc) is 3.52. The van der Waals surface area contributed by atoms with Gasteiger partial charge in [-0.2, -0.15) is 10.4 Å². The third-order valence-electron chi connectivity index (χ3n) is 6.27. The van der Waals surface area contributed by atoms with E-state index in [4.69, 9.17) is 0 Å². The molecule has 0 atom stereocenters. The summed E-state index contributed by atoms with van der Waals surface area (Å²) < 4.78 is 0. The number of aryl methyl sites for hydroxylation is 1. The van der Waals surface area contributed by atoms with E-state index in [0.717, 1.165) is 48.8 Å². The number of fused-ring (bicyclic) bond motifs is 2. The molecule has 9 heteroatoms. The minimum atomic E-state index is -0.0667. The van der Waals surface area contributed by atoms with Crippen molar-refractivity contribution in [1.82, 2.24) is 20.0 Å². The van der Waals surface area contributed by atoms with Crippen LogP contribution >= 0.6 is 11.3 Å². The highest BCUT2D eigenvalue weighted by molar-refractivity contribution is 7.16. The van der Waals surface area contributed by atoms with Crippen molar-refractivity contribution in [3.8, 4) is 6.07 Å². The van der Waals surface area contributed by atoms with Gasteiger partial charge in [-0.1, -0.05) is 18.2 Å². The maximum atomic E-state index is 12.9. The van der Waals surface area contributed by atoms with E-state index in [1.807, 2.05) is 29.2 Å². The fourth-order valence-electron chi connectivity index (χ4n) is 4.51. The second-order valence-electron chi connectivity index (χ2n) is 8.22. The van der Waals surface area contributed by atoms with Gasteiger partial charge in [0, 0.05) is 49.4 Å². The molecule has 5 rings (SSSR count). The third kappa shape index (κ3) is 3.87. The Kier molecular flexibility index (Phi) is 5.64. The number of hydrogen-bond acceptors (Lipinski definition) is 6. The molecule has 3 aromatic rings. The van der Waals surface area contributed by atoms with Crippen LogP contribution in [0, 0.1) is 11.3 Å². The molecule has 1 aliphatic carbocycles. The maximum Gasteiger partial charge on any atom is 0.275 e. The molecular formula is C23H24N6O2S. The van der Waals surface area contributed by atoms with E-state index < -0.39 is 0 Å². The summed E-state index contributed by atoms with van der Waals surface area (Å²) in [6.07, 6.45) is 3.39. The molecule has 2 N–H and O–H groups in total. The number of nitriles is 1. The molecule has 0 unspecified atom stereocenters. The van der Waals surface area contributed by atoms with Crippen LogP contribution < -0.4 is 5.32 Å². The van der Waals surface area contributed by atoms with Crippen LogP contribution in [0.4, 0.5) is 5.00 Å². The Labute approximate surface area is 189 Å². The molecule has 1 fully saturated rings. The van der Waals surface area contributed by atoms with Crippen LogP contribution in [-0.4, -0.2) is 64.5 Å². The lowest BCUT2D eigenvalue weighted by Gasteiger charge is -2.34. The van der Waals surface area contributed by atoms with Crippen LogP contribution in [0.3, 0.4) is 0 Å². The number of thiophene rings is 1. The summed E-state index contributed by atoms with van der Waals surface area (Å²) in [7, 11) is 0. The van der Waals surface area contributed by atoms with Gasteiger partial charge in [0.05, 0.1) is 11.1 Å². The Hall–Kier alpha value is -3.22. The molecule has 0 radical (unpaired) electrons. The first kappa shape index (κ1) is 20.7. The Balaban J connectivity index is 1.12. The number of anilines is 1. The maximum absolute atomic E-state index is 12.9. The van der Waals surface area contributed by atoms with Crippen LogP contribution in [0.25, 0.3) is 10.9 Å². The van der Waals surface area contributed by atoms with Gasteiger partial charge in [-0.15, -0.1) is 11.3 Å². The predicted molar refractivity (Wildman–Crippen MR) is 123 cm³/mol. The summed E-state index contributed by atoms with van der Waals surface area (Å²) in [6.45, 7) is 3.29. The van der Waals surface area contributed by atoms with Gasteiger partial charge in [0.2, 0.25) is 5.91 Å². The number of para-hydroxylation sites is 1. The van der Waals surface area contributed by atoms with Crippen molar-refractivity contribution in [2.75, 3.05) is 38.0 Å². The Morgan fingerprint density at radius 3 is 2.81 bits per heavy atom. The van der Waals surface area contributed by atoms with Crippen molar-refractivity contribution < 1.29 is 9.59 Å². The summed E-state index contributed by atoms with van der Waals surface area (Å²) in [5.41, 5.74) is 3.09. The molecule has 2 amide bonds. The summed E-state index contributed by atoms with van der Waals surface area (Å²) in [5.74, 6) is -0.127. The van der Waals surface area contributed by atoms with Crippen LogP contribution in [0.1, 0.15) is 39.3 Å². The van der Waals surface area contributed by atoms with E-state index in [1.165, 1.54) is 4.88 Å². The number of amides is 2. The quantitative estimate of drug-likeness (QED) is 0.624. The average molecular weight is 449 g/mol. The fraction of sp³-hybridized carbons (Fsp3) is 0.391. The second-order valence-corrected chi connectivity index (χ2v) is 9.33. The smallest absolute Gasteiger partial charge is 0.275 e. The lowest BCUT2D eigenvalue weighted by Crippen LogP contribution is -2.49. The molecule has 2 aromatic heterocycles. The zero-order valence-corrected chi connectivity index (χ0v) is 18.5. The van der Waals surface area contributed by atoms with Gasteiger partial charge in [-0.05, 0) is 30.9 Å². The molecule has 3 heterocycles. The standard InChI is InChI=1S/C23H24N6O2S/c24-14-17-15-5-3-7-19(15)32-22(17)25-20(30)8-9-28-10-12-29(13-11-28)23(31)21-16-4-1-2-6-18(16)26-27-21/h1-2,4,6H,3,5,7-13H2,(H,25,30)(H,26,27). The largest absolute Gasteiger partial charge is 0.335 e. The van der Waals surface area contributed by atoms with E-state index in [1.54, 1.807) is 11.3 Å². The molecule has 164 valence electrons. The van der Waals surface area contributed by atoms with Crippen LogP contribution in [0.15, 0.2) is 24.3 Å². The van der Waals surface area contributed by atoms with Crippen molar-refractivity contribution in [3.63, 3.8) is 0 Å². The molecule has 1 aromatic carbocycles. The van der Waals surface area contributed by atoms with Crippen molar-refractivity contribution in [2.24, 2.45) is 0 Å². The zero-order chi connectivity index (χ0) is 22.1. The van der Waals surface area contributed by atoms with Crippen molar-refractivity contribution in [3.05, 3.63) is 46.0 Å². The van der Waals surface area contributed by atoms with Gasteiger partial charge in [-0.3, -0.25) is 19.6 Å². The number of aromatic nitrogens is 2. The number of rotatable bonds is 5. The van der Waals surface area contributed by atoms with Crippen LogP contribution in [-0.2, 0) is 17.6 Å². The lowest BCUT2D eigenvalue weighted by atomic mass is 10.1.